The van der Waals surface area contributed by atoms with Crippen LogP contribution in [0.2, 0.25) is 0 Å². The lowest BCUT2D eigenvalue weighted by Gasteiger charge is -1.99. The monoisotopic (exact) mass is 213 g/mol. The van der Waals surface area contributed by atoms with Crippen molar-refractivity contribution in [3.63, 3.8) is 0 Å². The molecule has 0 amide bonds. The average molecular weight is 213 g/mol. The van der Waals surface area contributed by atoms with Gasteiger partial charge in [-0.3, -0.25) is 0 Å². The molecule has 0 aromatic carbocycles. The van der Waals surface area contributed by atoms with E-state index in [2.05, 4.69) is 13.8 Å². The van der Waals surface area contributed by atoms with E-state index in [4.69, 9.17) is 10.2 Å². The van der Waals surface area contributed by atoms with E-state index in [-0.39, 0.29) is 0 Å². The summed E-state index contributed by atoms with van der Waals surface area (Å²) >= 11 is 0. The Labute approximate surface area is 95.0 Å². The van der Waals surface area contributed by atoms with E-state index in [1.54, 1.807) is 0 Å². The van der Waals surface area contributed by atoms with E-state index in [1.807, 2.05) is 0 Å². The fourth-order valence-electron chi connectivity index (χ4n) is 1.56. The average Bonchev–Trinajstić information content (AvgIpc) is 2.23. The number of nitrogens with one attached hydrogen (secondary N) is 1. The van der Waals surface area contributed by atoms with Gasteiger partial charge in [0.15, 0.2) is 0 Å². The first-order valence-corrected chi connectivity index (χ1v) is 6.37. The Hall–Kier alpha value is -0.620. The normalized spacial score (nSPS) is 8.93. The van der Waals surface area contributed by atoms with Crippen LogP contribution >= 0.6 is 0 Å². The van der Waals surface area contributed by atoms with Crippen LogP contribution in [0.4, 0.5) is 0 Å². The van der Waals surface area contributed by atoms with Crippen molar-refractivity contribution in [1.29, 1.82) is 5.41 Å². The lowest BCUT2D eigenvalue weighted by atomic mass is 10.1. The molecule has 0 radical (unpaired) electrons. The minimum atomic E-state index is 0.750. The molecule has 0 atom stereocenters. The maximum atomic E-state index is 8.35. The summed E-state index contributed by atoms with van der Waals surface area (Å²) in [6.07, 6.45) is 15.2. The molecule has 0 aliphatic rings. The topological polar surface area (TPSA) is 40.9 Å². The van der Waals surface area contributed by atoms with Crippen molar-refractivity contribution in [1.82, 2.24) is 0 Å². The van der Waals surface area contributed by atoms with Crippen molar-refractivity contribution in [2.45, 2.75) is 78.1 Å². The summed E-state index contributed by atoms with van der Waals surface area (Å²) in [5.41, 5.74) is 0. The van der Waals surface area contributed by atoms with Crippen LogP contribution in [0.25, 0.3) is 0 Å². The number of hydrogen-bond acceptors (Lipinski definition) is 2. The van der Waals surface area contributed by atoms with E-state index >= 15 is 0 Å². The van der Waals surface area contributed by atoms with Crippen molar-refractivity contribution in [2.75, 3.05) is 0 Å². The summed E-state index contributed by atoms with van der Waals surface area (Å²) in [5.74, 6) is 0. The molecular formula is C13H27NO. The molecular weight excluding hydrogens is 186 g/mol. The van der Waals surface area contributed by atoms with Gasteiger partial charge in [-0.25, -0.2) is 10.2 Å². The number of rotatable bonds is 9. The lowest BCUT2D eigenvalue weighted by Crippen LogP contribution is -1.80. The van der Waals surface area contributed by atoms with Crippen LogP contribution in [-0.4, -0.2) is 6.08 Å². The van der Waals surface area contributed by atoms with E-state index in [1.165, 1.54) is 64.2 Å². The van der Waals surface area contributed by atoms with Crippen molar-refractivity contribution >= 4 is 6.08 Å². The Kier molecular flexibility index (Phi) is 21.3. The number of hydrogen-bond donors (Lipinski definition) is 1. The third kappa shape index (κ3) is 24.7. The van der Waals surface area contributed by atoms with Gasteiger partial charge in [-0.1, -0.05) is 78.1 Å². The second-order valence-corrected chi connectivity index (χ2v) is 3.93. The van der Waals surface area contributed by atoms with Crippen LogP contribution in [0, 0.1) is 5.41 Å². The summed E-state index contributed by atoms with van der Waals surface area (Å²) in [5, 5.41) is 5.40. The van der Waals surface area contributed by atoms with Gasteiger partial charge in [-0.05, 0) is 0 Å². The van der Waals surface area contributed by atoms with Gasteiger partial charge in [-0.15, -0.1) is 0 Å². The van der Waals surface area contributed by atoms with Gasteiger partial charge in [-0.2, -0.15) is 0 Å². The second-order valence-electron chi connectivity index (χ2n) is 3.93. The number of isocyanates is 1. The molecule has 2 heteroatoms. The maximum absolute atomic E-state index is 8.35. The molecule has 0 aliphatic heterocycles. The smallest absolute Gasteiger partial charge is 0.222 e. The Morgan fingerprint density at radius 1 is 0.733 bits per heavy atom. The van der Waals surface area contributed by atoms with E-state index in [0.29, 0.717) is 0 Å². The van der Waals surface area contributed by atoms with Gasteiger partial charge in [0.25, 0.3) is 0 Å². The molecule has 90 valence electrons. The Morgan fingerprint density at radius 2 is 0.933 bits per heavy atom. The Morgan fingerprint density at radius 3 is 1.13 bits per heavy atom. The van der Waals surface area contributed by atoms with Gasteiger partial charge in [0, 0.05) is 0 Å². The molecule has 0 unspecified atom stereocenters. The van der Waals surface area contributed by atoms with Crippen molar-refractivity contribution < 1.29 is 4.79 Å². The minimum absolute atomic E-state index is 0.750. The molecule has 0 aliphatic carbocycles. The number of carbonyl (C=O) groups excluding carboxylic acids is 1. The van der Waals surface area contributed by atoms with Crippen LogP contribution in [0.3, 0.4) is 0 Å². The quantitative estimate of drug-likeness (QED) is 0.333. The van der Waals surface area contributed by atoms with Crippen LogP contribution in [0.5, 0.6) is 0 Å². The van der Waals surface area contributed by atoms with Crippen molar-refractivity contribution in [3.8, 4) is 0 Å². The highest BCUT2D eigenvalue weighted by molar-refractivity contribution is 5.26. The highest BCUT2D eigenvalue weighted by Gasteiger charge is 1.90. The third-order valence-corrected chi connectivity index (χ3v) is 2.46. The molecule has 0 bridgehead atoms. The van der Waals surface area contributed by atoms with Crippen LogP contribution in [0.1, 0.15) is 78.1 Å². The first-order chi connectivity index (χ1) is 7.33. The van der Waals surface area contributed by atoms with Crippen LogP contribution in [-0.2, 0) is 4.79 Å². The first-order valence-electron chi connectivity index (χ1n) is 6.37. The third-order valence-electron chi connectivity index (χ3n) is 2.46. The molecule has 0 fully saturated rings. The zero-order valence-electron chi connectivity index (χ0n) is 10.5. The van der Waals surface area contributed by atoms with Gasteiger partial charge in [0.1, 0.15) is 0 Å². The van der Waals surface area contributed by atoms with Crippen molar-refractivity contribution in [3.05, 3.63) is 0 Å². The van der Waals surface area contributed by atoms with Gasteiger partial charge in [0.2, 0.25) is 6.08 Å². The molecule has 0 saturated carbocycles. The maximum Gasteiger partial charge on any atom is 0.231 e. The predicted molar refractivity (Wildman–Crippen MR) is 65.9 cm³/mol. The molecule has 0 heterocycles. The van der Waals surface area contributed by atoms with Crippen LogP contribution < -0.4 is 0 Å². The first kappa shape index (κ1) is 16.8. The standard InChI is InChI=1S/C12H26.CHNO/c1-3-5-7-9-11-12-10-8-6-4-2;2-1-3/h3-12H2,1-2H3;2H. The lowest BCUT2D eigenvalue weighted by molar-refractivity contribution is 0.562. The predicted octanol–water partition coefficient (Wildman–Crippen LogP) is 4.83. The molecule has 2 nitrogen and oxygen atoms in total. The van der Waals surface area contributed by atoms with Crippen molar-refractivity contribution in [2.24, 2.45) is 0 Å². The zero-order chi connectivity index (χ0) is 11.8. The van der Waals surface area contributed by atoms with E-state index < -0.39 is 0 Å². The molecule has 1 N–H and O–H groups in total. The molecule has 0 aromatic rings. The Bertz CT molecular complexity index is 118. The zero-order valence-corrected chi connectivity index (χ0v) is 10.5. The largest absolute Gasteiger partial charge is 0.231 e. The van der Waals surface area contributed by atoms with E-state index in [0.717, 1.165) is 6.08 Å². The summed E-state index contributed by atoms with van der Waals surface area (Å²) in [7, 11) is 0. The van der Waals surface area contributed by atoms with Gasteiger partial charge >= 0.3 is 0 Å². The summed E-state index contributed by atoms with van der Waals surface area (Å²) < 4.78 is 0. The summed E-state index contributed by atoms with van der Waals surface area (Å²) in [6.45, 7) is 4.56. The summed E-state index contributed by atoms with van der Waals surface area (Å²) in [4.78, 5) is 8.35. The highest BCUT2D eigenvalue weighted by Crippen LogP contribution is 2.09. The second kappa shape index (κ2) is 19.0. The van der Waals surface area contributed by atoms with Gasteiger partial charge < -0.3 is 0 Å². The molecule has 15 heavy (non-hydrogen) atoms. The fraction of sp³-hybridized carbons (Fsp3) is 0.923. The SMILES string of the molecule is CCCCCCCCCCCC.N=C=O. The van der Waals surface area contributed by atoms with Crippen LogP contribution in [0.15, 0.2) is 0 Å². The Balaban J connectivity index is 0. The van der Waals surface area contributed by atoms with E-state index in [9.17, 15) is 0 Å². The fourth-order valence-corrected chi connectivity index (χ4v) is 1.56. The summed E-state index contributed by atoms with van der Waals surface area (Å²) in [6, 6.07) is 0. The molecule has 0 rings (SSSR count). The highest BCUT2D eigenvalue weighted by atomic mass is 16.1. The number of unbranched alkanes of at least 4 members (excludes halogenated alkanes) is 9. The van der Waals surface area contributed by atoms with Gasteiger partial charge in [0.05, 0.1) is 0 Å². The molecule has 0 spiro atoms. The molecule has 0 aromatic heterocycles. The minimum Gasteiger partial charge on any atom is -0.222 e. The molecule has 0 saturated heterocycles.